The quantitative estimate of drug-likeness (QED) is 0.692. The highest BCUT2D eigenvalue weighted by Crippen LogP contribution is 2.29. The molecular weight excluding hydrogens is 212 g/mol. The van der Waals surface area contributed by atoms with Gasteiger partial charge in [-0.25, -0.2) is 0 Å². The molecule has 1 aliphatic rings. The molecule has 0 saturated heterocycles. The van der Waals surface area contributed by atoms with Gasteiger partial charge in [0.2, 0.25) is 0 Å². The largest absolute Gasteiger partial charge is 0.393 e. The van der Waals surface area contributed by atoms with Gasteiger partial charge in [-0.2, -0.15) is 5.10 Å². The SMILES string of the molecule is C=C1C(/C(C=N)=C/NC)=NNc2ccccc21. The second-order valence-corrected chi connectivity index (χ2v) is 3.63. The first-order valence-corrected chi connectivity index (χ1v) is 5.28. The number of hydrazone groups is 1. The summed E-state index contributed by atoms with van der Waals surface area (Å²) in [6.45, 7) is 4.05. The molecule has 17 heavy (non-hydrogen) atoms. The van der Waals surface area contributed by atoms with Crippen molar-refractivity contribution in [2.24, 2.45) is 5.10 Å². The van der Waals surface area contributed by atoms with E-state index in [9.17, 15) is 0 Å². The maximum Gasteiger partial charge on any atom is 0.101 e. The summed E-state index contributed by atoms with van der Waals surface area (Å²) in [5, 5.41) is 14.5. The van der Waals surface area contributed by atoms with E-state index in [4.69, 9.17) is 5.41 Å². The average molecular weight is 226 g/mol. The fourth-order valence-electron chi connectivity index (χ4n) is 1.73. The van der Waals surface area contributed by atoms with Crippen LogP contribution in [-0.4, -0.2) is 19.0 Å². The summed E-state index contributed by atoms with van der Waals surface area (Å²) >= 11 is 0. The van der Waals surface area contributed by atoms with Crippen LogP contribution in [0.25, 0.3) is 5.57 Å². The normalized spacial score (nSPS) is 14.5. The maximum atomic E-state index is 7.39. The van der Waals surface area contributed by atoms with Crippen LogP contribution in [0.15, 0.2) is 47.7 Å². The highest BCUT2D eigenvalue weighted by atomic mass is 15.3. The van der Waals surface area contributed by atoms with E-state index in [0.29, 0.717) is 11.3 Å². The molecule has 1 aromatic rings. The van der Waals surface area contributed by atoms with E-state index in [1.54, 1.807) is 13.2 Å². The van der Waals surface area contributed by atoms with Crippen LogP contribution >= 0.6 is 0 Å². The van der Waals surface area contributed by atoms with Gasteiger partial charge in [-0.3, -0.25) is 5.43 Å². The van der Waals surface area contributed by atoms with Gasteiger partial charge in [0, 0.05) is 36.2 Å². The van der Waals surface area contributed by atoms with E-state index >= 15 is 0 Å². The molecule has 0 aliphatic carbocycles. The third-order valence-electron chi connectivity index (χ3n) is 2.55. The predicted molar refractivity (Wildman–Crippen MR) is 72.5 cm³/mol. The number of benzene rings is 1. The molecule has 0 amide bonds. The number of para-hydroxylation sites is 1. The Labute approximate surface area is 100 Å². The molecule has 2 rings (SSSR count). The van der Waals surface area contributed by atoms with Gasteiger partial charge < -0.3 is 10.7 Å². The Hall–Kier alpha value is -2.36. The summed E-state index contributed by atoms with van der Waals surface area (Å²) in [4.78, 5) is 0. The van der Waals surface area contributed by atoms with E-state index in [2.05, 4.69) is 22.4 Å². The molecule has 0 radical (unpaired) electrons. The number of hydrogen-bond donors (Lipinski definition) is 3. The van der Waals surface area contributed by atoms with E-state index < -0.39 is 0 Å². The Kier molecular flexibility index (Phi) is 3.05. The molecule has 0 saturated carbocycles. The molecule has 86 valence electrons. The molecule has 0 unspecified atom stereocenters. The van der Waals surface area contributed by atoms with E-state index in [-0.39, 0.29) is 0 Å². The second-order valence-electron chi connectivity index (χ2n) is 3.63. The topological polar surface area (TPSA) is 60.3 Å². The third kappa shape index (κ3) is 1.97. The zero-order valence-electron chi connectivity index (χ0n) is 9.62. The van der Waals surface area contributed by atoms with Gasteiger partial charge in [0.15, 0.2) is 0 Å². The molecule has 1 heterocycles. The van der Waals surface area contributed by atoms with Gasteiger partial charge in [-0.1, -0.05) is 24.8 Å². The summed E-state index contributed by atoms with van der Waals surface area (Å²) < 4.78 is 0. The van der Waals surface area contributed by atoms with Gasteiger partial charge in [0.25, 0.3) is 0 Å². The van der Waals surface area contributed by atoms with Crippen molar-refractivity contribution in [1.82, 2.24) is 5.32 Å². The zero-order valence-corrected chi connectivity index (χ0v) is 9.62. The lowest BCUT2D eigenvalue weighted by atomic mass is 9.96. The molecule has 3 N–H and O–H groups in total. The molecule has 0 fully saturated rings. The fraction of sp³-hybridized carbons (Fsp3) is 0.0769. The molecule has 0 atom stereocenters. The number of rotatable bonds is 3. The van der Waals surface area contributed by atoms with Crippen LogP contribution in [-0.2, 0) is 0 Å². The Bertz CT molecular complexity index is 526. The summed E-state index contributed by atoms with van der Waals surface area (Å²) in [5.41, 5.74) is 7.13. The predicted octanol–water partition coefficient (Wildman–Crippen LogP) is 2.23. The first-order chi connectivity index (χ1) is 8.27. The number of hydrogen-bond acceptors (Lipinski definition) is 4. The van der Waals surface area contributed by atoms with Crippen LogP contribution in [0.2, 0.25) is 0 Å². The summed E-state index contributed by atoms with van der Waals surface area (Å²) in [6, 6.07) is 7.84. The first-order valence-electron chi connectivity index (χ1n) is 5.28. The van der Waals surface area contributed by atoms with Crippen molar-refractivity contribution in [3.63, 3.8) is 0 Å². The van der Waals surface area contributed by atoms with E-state index in [1.165, 1.54) is 6.21 Å². The lowest BCUT2D eigenvalue weighted by molar-refractivity contribution is 1.10. The van der Waals surface area contributed by atoms with E-state index in [0.717, 1.165) is 16.8 Å². The molecule has 0 bridgehead atoms. The van der Waals surface area contributed by atoms with Gasteiger partial charge in [0.05, 0.1) is 5.69 Å². The van der Waals surface area contributed by atoms with Gasteiger partial charge in [-0.15, -0.1) is 0 Å². The van der Waals surface area contributed by atoms with Crippen LogP contribution in [0.5, 0.6) is 0 Å². The van der Waals surface area contributed by atoms with Crippen LogP contribution in [0.3, 0.4) is 0 Å². The molecule has 4 heteroatoms. The number of anilines is 1. The minimum atomic E-state index is 0.688. The van der Waals surface area contributed by atoms with Crippen LogP contribution < -0.4 is 10.7 Å². The molecule has 1 aromatic carbocycles. The lowest BCUT2D eigenvalue weighted by Gasteiger charge is -2.19. The van der Waals surface area contributed by atoms with Crippen molar-refractivity contribution < 1.29 is 0 Å². The first kappa shape index (κ1) is 11.1. The summed E-state index contributed by atoms with van der Waals surface area (Å²) in [5.74, 6) is 0. The van der Waals surface area contributed by atoms with Crippen molar-refractivity contribution in [2.75, 3.05) is 12.5 Å². The van der Waals surface area contributed by atoms with Crippen molar-refractivity contribution >= 4 is 23.2 Å². The Morgan fingerprint density at radius 1 is 1.47 bits per heavy atom. The minimum Gasteiger partial charge on any atom is -0.393 e. The van der Waals surface area contributed by atoms with Crippen molar-refractivity contribution in [1.29, 1.82) is 5.41 Å². The van der Waals surface area contributed by atoms with Gasteiger partial charge >= 0.3 is 0 Å². The molecule has 0 spiro atoms. The molecule has 0 aromatic heterocycles. The molecular formula is C13H14N4. The summed E-state index contributed by atoms with van der Waals surface area (Å²) in [7, 11) is 1.79. The van der Waals surface area contributed by atoms with Crippen LogP contribution in [0.4, 0.5) is 5.69 Å². The van der Waals surface area contributed by atoms with Crippen LogP contribution in [0.1, 0.15) is 5.56 Å². The fourth-order valence-corrected chi connectivity index (χ4v) is 1.73. The van der Waals surface area contributed by atoms with Crippen molar-refractivity contribution in [3.8, 4) is 0 Å². The monoisotopic (exact) mass is 226 g/mol. The van der Waals surface area contributed by atoms with Crippen molar-refractivity contribution in [2.45, 2.75) is 0 Å². The lowest BCUT2D eigenvalue weighted by Crippen LogP contribution is -2.16. The minimum absolute atomic E-state index is 0.688. The molecule has 1 aliphatic heterocycles. The number of nitrogens with one attached hydrogen (secondary N) is 3. The smallest absolute Gasteiger partial charge is 0.101 e. The highest BCUT2D eigenvalue weighted by Gasteiger charge is 2.18. The summed E-state index contributed by atoms with van der Waals surface area (Å²) in [6.07, 6.45) is 2.99. The third-order valence-corrected chi connectivity index (χ3v) is 2.55. The molecule has 4 nitrogen and oxygen atoms in total. The van der Waals surface area contributed by atoms with Crippen molar-refractivity contribution in [3.05, 3.63) is 48.2 Å². The highest BCUT2D eigenvalue weighted by molar-refractivity contribution is 6.38. The Balaban J connectivity index is 2.42. The van der Waals surface area contributed by atoms with Gasteiger partial charge in [-0.05, 0) is 6.07 Å². The zero-order chi connectivity index (χ0) is 12.3. The average Bonchev–Trinajstić information content (AvgIpc) is 2.37. The number of allylic oxidation sites excluding steroid dienone is 2. The maximum absolute atomic E-state index is 7.39. The Morgan fingerprint density at radius 3 is 2.94 bits per heavy atom. The number of nitrogens with zero attached hydrogens (tertiary/aromatic N) is 1. The standard InChI is InChI=1S/C13H14N4/c1-9-11-5-3-4-6-12(11)16-17-13(9)10(7-14)8-15-2/h3-8,14-16H,1H2,2H3/b10-8+,14-7?. The second kappa shape index (κ2) is 4.65. The number of fused-ring (bicyclic) bond motifs is 1. The van der Waals surface area contributed by atoms with E-state index in [1.807, 2.05) is 24.3 Å². The Morgan fingerprint density at radius 2 is 2.24 bits per heavy atom. The van der Waals surface area contributed by atoms with Gasteiger partial charge in [0.1, 0.15) is 5.71 Å². The van der Waals surface area contributed by atoms with Crippen LogP contribution in [0, 0.1) is 5.41 Å².